The van der Waals surface area contributed by atoms with Gasteiger partial charge in [0, 0.05) is 32.4 Å². The van der Waals surface area contributed by atoms with Crippen molar-refractivity contribution in [3.63, 3.8) is 0 Å². The average molecular weight is 309 g/mol. The maximum atomic E-state index is 12.2. The smallest absolute Gasteiger partial charge is 0.228 e. The maximum absolute atomic E-state index is 12.2. The number of fused-ring (bicyclic) bond motifs is 1. The van der Waals surface area contributed by atoms with Gasteiger partial charge in [-0.3, -0.25) is 4.79 Å². The van der Waals surface area contributed by atoms with Gasteiger partial charge < -0.3 is 14.6 Å². The Labute approximate surface area is 134 Å². The Kier molecular flexibility index (Phi) is 4.02. The normalized spacial score (nSPS) is 10.7. The number of aryl methyl sites for hydroxylation is 1. The minimum Gasteiger partial charge on any atom is -0.441 e. The van der Waals surface area contributed by atoms with Crippen LogP contribution in [0, 0.1) is 6.92 Å². The van der Waals surface area contributed by atoms with Crippen LogP contribution >= 0.6 is 0 Å². The first-order chi connectivity index (χ1) is 11.0. The number of rotatable bonds is 4. The lowest BCUT2D eigenvalue weighted by Crippen LogP contribution is -2.14. The first kappa shape index (κ1) is 15.1. The van der Waals surface area contributed by atoms with Crippen LogP contribution in [0.2, 0.25) is 0 Å². The Morgan fingerprint density at radius 3 is 2.61 bits per heavy atom. The molecule has 0 atom stereocenters. The van der Waals surface area contributed by atoms with Crippen molar-refractivity contribution in [3.8, 4) is 0 Å². The van der Waals surface area contributed by atoms with Crippen molar-refractivity contribution in [1.82, 2.24) is 4.98 Å². The summed E-state index contributed by atoms with van der Waals surface area (Å²) in [6, 6.07) is 13.4. The van der Waals surface area contributed by atoms with Gasteiger partial charge in [-0.25, -0.2) is 4.98 Å². The summed E-state index contributed by atoms with van der Waals surface area (Å²) in [4.78, 5) is 18.5. The van der Waals surface area contributed by atoms with Crippen LogP contribution in [0.25, 0.3) is 11.1 Å². The SMILES string of the molecule is Cc1nc2cc(CC(=O)Nc3ccc(N(C)C)cc3)ccc2o1. The topological polar surface area (TPSA) is 58.4 Å². The molecule has 0 bridgehead atoms. The summed E-state index contributed by atoms with van der Waals surface area (Å²) in [5.41, 5.74) is 4.32. The van der Waals surface area contributed by atoms with Crippen molar-refractivity contribution in [2.75, 3.05) is 24.3 Å². The monoisotopic (exact) mass is 309 g/mol. The van der Waals surface area contributed by atoms with Gasteiger partial charge in [0.15, 0.2) is 11.5 Å². The summed E-state index contributed by atoms with van der Waals surface area (Å²) < 4.78 is 5.44. The van der Waals surface area contributed by atoms with E-state index in [9.17, 15) is 4.79 Å². The quantitative estimate of drug-likeness (QED) is 0.802. The Morgan fingerprint density at radius 2 is 1.91 bits per heavy atom. The zero-order chi connectivity index (χ0) is 16.4. The molecular formula is C18H19N3O2. The number of hydrogen-bond donors (Lipinski definition) is 1. The van der Waals surface area contributed by atoms with E-state index in [1.165, 1.54) is 0 Å². The number of carbonyl (C=O) groups excluding carboxylic acids is 1. The number of amides is 1. The molecule has 23 heavy (non-hydrogen) atoms. The van der Waals surface area contributed by atoms with Gasteiger partial charge in [-0.15, -0.1) is 0 Å². The molecule has 0 saturated carbocycles. The lowest BCUT2D eigenvalue weighted by atomic mass is 10.1. The molecule has 2 aromatic carbocycles. The van der Waals surface area contributed by atoms with Gasteiger partial charge in [-0.2, -0.15) is 0 Å². The van der Waals surface area contributed by atoms with Gasteiger partial charge in [-0.1, -0.05) is 6.07 Å². The molecule has 118 valence electrons. The number of aromatic nitrogens is 1. The van der Waals surface area contributed by atoms with E-state index in [0.29, 0.717) is 12.3 Å². The second-order valence-corrected chi connectivity index (χ2v) is 5.70. The fourth-order valence-corrected chi connectivity index (χ4v) is 2.43. The van der Waals surface area contributed by atoms with E-state index in [0.717, 1.165) is 28.0 Å². The second kappa shape index (κ2) is 6.12. The van der Waals surface area contributed by atoms with Crippen molar-refractivity contribution in [2.24, 2.45) is 0 Å². The van der Waals surface area contributed by atoms with Crippen LogP contribution in [0.3, 0.4) is 0 Å². The van der Waals surface area contributed by atoms with Crippen LogP contribution in [-0.2, 0) is 11.2 Å². The van der Waals surface area contributed by atoms with Gasteiger partial charge >= 0.3 is 0 Å². The third-order valence-electron chi connectivity index (χ3n) is 3.59. The molecule has 0 aliphatic rings. The van der Waals surface area contributed by atoms with Crippen LogP contribution in [0.5, 0.6) is 0 Å². The molecule has 5 heteroatoms. The average Bonchev–Trinajstić information content (AvgIpc) is 2.87. The first-order valence-electron chi connectivity index (χ1n) is 7.44. The number of oxazole rings is 1. The standard InChI is InChI=1S/C18H19N3O2/c1-12-19-16-10-13(4-9-17(16)23-12)11-18(22)20-14-5-7-15(8-6-14)21(2)3/h4-10H,11H2,1-3H3,(H,20,22). The van der Waals surface area contributed by atoms with E-state index in [2.05, 4.69) is 10.3 Å². The minimum absolute atomic E-state index is 0.0535. The molecule has 5 nitrogen and oxygen atoms in total. The van der Waals surface area contributed by atoms with Crippen LogP contribution in [-0.4, -0.2) is 25.0 Å². The van der Waals surface area contributed by atoms with Crippen LogP contribution < -0.4 is 10.2 Å². The summed E-state index contributed by atoms with van der Waals surface area (Å²) in [5.74, 6) is 0.574. The highest BCUT2D eigenvalue weighted by Crippen LogP contribution is 2.18. The number of carbonyl (C=O) groups is 1. The molecule has 1 aromatic heterocycles. The third-order valence-corrected chi connectivity index (χ3v) is 3.59. The molecule has 0 saturated heterocycles. The molecule has 0 aliphatic carbocycles. The van der Waals surface area contributed by atoms with E-state index < -0.39 is 0 Å². The van der Waals surface area contributed by atoms with Gasteiger partial charge in [0.2, 0.25) is 5.91 Å². The van der Waals surface area contributed by atoms with E-state index in [1.54, 1.807) is 0 Å². The molecule has 0 unspecified atom stereocenters. The fraction of sp³-hybridized carbons (Fsp3) is 0.222. The summed E-state index contributed by atoms with van der Waals surface area (Å²) in [5, 5.41) is 2.91. The van der Waals surface area contributed by atoms with Gasteiger partial charge in [0.05, 0.1) is 6.42 Å². The molecule has 1 N–H and O–H groups in total. The number of anilines is 2. The molecule has 0 radical (unpaired) electrons. The molecule has 3 aromatic rings. The van der Waals surface area contributed by atoms with Crippen molar-refractivity contribution in [1.29, 1.82) is 0 Å². The van der Waals surface area contributed by atoms with Crippen molar-refractivity contribution in [3.05, 3.63) is 53.9 Å². The highest BCUT2D eigenvalue weighted by molar-refractivity contribution is 5.93. The van der Waals surface area contributed by atoms with Crippen molar-refractivity contribution >= 4 is 28.4 Å². The summed E-state index contributed by atoms with van der Waals surface area (Å²) >= 11 is 0. The maximum Gasteiger partial charge on any atom is 0.228 e. The lowest BCUT2D eigenvalue weighted by molar-refractivity contribution is -0.115. The largest absolute Gasteiger partial charge is 0.441 e. The van der Waals surface area contributed by atoms with Crippen LogP contribution in [0.15, 0.2) is 46.9 Å². The number of nitrogens with zero attached hydrogens (tertiary/aromatic N) is 2. The van der Waals surface area contributed by atoms with Crippen LogP contribution in [0.1, 0.15) is 11.5 Å². The summed E-state index contributed by atoms with van der Waals surface area (Å²) in [7, 11) is 3.96. The second-order valence-electron chi connectivity index (χ2n) is 5.70. The lowest BCUT2D eigenvalue weighted by Gasteiger charge is -2.13. The molecule has 3 rings (SSSR count). The summed E-state index contributed by atoms with van der Waals surface area (Å²) in [6.45, 7) is 1.81. The predicted octanol–water partition coefficient (Wildman–Crippen LogP) is 3.38. The molecule has 0 aliphatic heterocycles. The fourth-order valence-electron chi connectivity index (χ4n) is 2.43. The molecule has 0 spiro atoms. The van der Waals surface area contributed by atoms with E-state index in [-0.39, 0.29) is 5.91 Å². The van der Waals surface area contributed by atoms with E-state index in [1.807, 2.05) is 68.4 Å². The predicted molar refractivity (Wildman–Crippen MR) is 91.8 cm³/mol. The highest BCUT2D eigenvalue weighted by Gasteiger charge is 2.08. The zero-order valence-corrected chi connectivity index (χ0v) is 13.5. The number of benzene rings is 2. The minimum atomic E-state index is -0.0535. The Hall–Kier alpha value is -2.82. The molecular weight excluding hydrogens is 290 g/mol. The van der Waals surface area contributed by atoms with Gasteiger partial charge in [0.25, 0.3) is 0 Å². The van der Waals surface area contributed by atoms with E-state index in [4.69, 9.17) is 4.42 Å². The van der Waals surface area contributed by atoms with Gasteiger partial charge in [0.1, 0.15) is 5.52 Å². The highest BCUT2D eigenvalue weighted by atomic mass is 16.3. The molecule has 1 amide bonds. The Morgan fingerprint density at radius 1 is 1.17 bits per heavy atom. The number of nitrogens with one attached hydrogen (secondary N) is 1. The molecule has 1 heterocycles. The van der Waals surface area contributed by atoms with Crippen molar-refractivity contribution in [2.45, 2.75) is 13.3 Å². The Balaban J connectivity index is 1.67. The van der Waals surface area contributed by atoms with E-state index >= 15 is 0 Å². The third kappa shape index (κ3) is 3.51. The summed E-state index contributed by atoms with van der Waals surface area (Å²) in [6.07, 6.45) is 0.303. The zero-order valence-electron chi connectivity index (χ0n) is 13.5. The molecule has 0 fully saturated rings. The van der Waals surface area contributed by atoms with Gasteiger partial charge in [-0.05, 0) is 42.0 Å². The van der Waals surface area contributed by atoms with Crippen molar-refractivity contribution < 1.29 is 9.21 Å². The van der Waals surface area contributed by atoms with Crippen LogP contribution in [0.4, 0.5) is 11.4 Å². The first-order valence-corrected chi connectivity index (χ1v) is 7.44. The number of hydrogen-bond acceptors (Lipinski definition) is 4. The Bertz CT molecular complexity index is 835.